The molecule has 174 valence electrons. The van der Waals surface area contributed by atoms with Crippen molar-refractivity contribution in [2.45, 2.75) is 13.1 Å². The van der Waals surface area contributed by atoms with Crippen molar-refractivity contribution in [1.29, 1.82) is 0 Å². The van der Waals surface area contributed by atoms with E-state index in [2.05, 4.69) is 10.2 Å². The second-order valence-corrected chi connectivity index (χ2v) is 7.11. The third-order valence-electron chi connectivity index (χ3n) is 4.89. The Morgan fingerprint density at radius 3 is 2.29 bits per heavy atom. The molecule has 4 rings (SSSR count). The second kappa shape index (κ2) is 8.03. The highest BCUT2D eigenvalue weighted by molar-refractivity contribution is 5.78. The molecule has 0 amide bonds. The molecule has 10 nitrogen and oxygen atoms in total. The largest absolute Gasteiger partial charge is 0.618 e. The van der Waals surface area contributed by atoms with E-state index >= 15 is 0 Å². The van der Waals surface area contributed by atoms with E-state index in [-0.39, 0.29) is 22.5 Å². The van der Waals surface area contributed by atoms with Crippen LogP contribution in [0.4, 0.5) is 18.9 Å². The fraction of sp³-hybridized carbons (Fsp3) is 0.0952. The first-order chi connectivity index (χ1) is 16.0. The molecule has 0 saturated heterocycles. The van der Waals surface area contributed by atoms with Crippen molar-refractivity contribution >= 4 is 5.69 Å². The van der Waals surface area contributed by atoms with E-state index in [1.165, 1.54) is 31.2 Å². The smallest absolute Gasteiger partial charge is 0.417 e. The molecular formula is C21H13F3N4O6. The van der Waals surface area contributed by atoms with E-state index < -0.39 is 51.2 Å². The van der Waals surface area contributed by atoms with Crippen molar-refractivity contribution in [2.75, 3.05) is 0 Å². The maximum Gasteiger partial charge on any atom is 0.417 e. The molecule has 0 spiro atoms. The lowest BCUT2D eigenvalue weighted by Crippen LogP contribution is -2.35. The van der Waals surface area contributed by atoms with Crippen LogP contribution >= 0.6 is 0 Å². The van der Waals surface area contributed by atoms with E-state index in [1.54, 1.807) is 6.07 Å². The molecule has 2 aromatic heterocycles. The number of aromatic hydroxyl groups is 2. The van der Waals surface area contributed by atoms with Gasteiger partial charge in [-0.05, 0) is 18.2 Å². The number of nitro benzene ring substituents is 1. The monoisotopic (exact) mass is 474 g/mol. The van der Waals surface area contributed by atoms with Crippen molar-refractivity contribution in [1.82, 2.24) is 10.2 Å². The molecule has 0 fully saturated rings. The van der Waals surface area contributed by atoms with Crippen molar-refractivity contribution in [3.05, 3.63) is 75.1 Å². The van der Waals surface area contributed by atoms with Gasteiger partial charge >= 0.3 is 11.9 Å². The first-order valence-electron chi connectivity index (χ1n) is 9.43. The zero-order chi connectivity index (χ0) is 24.8. The normalized spacial score (nSPS) is 11.5. The van der Waals surface area contributed by atoms with Gasteiger partial charge in [0.25, 0.3) is 5.89 Å². The van der Waals surface area contributed by atoms with Crippen molar-refractivity contribution in [2.24, 2.45) is 0 Å². The molecule has 0 aliphatic carbocycles. The number of aromatic nitrogens is 3. The lowest BCUT2D eigenvalue weighted by atomic mass is 9.99. The van der Waals surface area contributed by atoms with Crippen molar-refractivity contribution in [3.8, 4) is 45.7 Å². The number of phenols is 2. The summed E-state index contributed by atoms with van der Waals surface area (Å²) in [6.07, 6.45) is -4.90. The molecule has 13 heteroatoms. The van der Waals surface area contributed by atoms with Crippen LogP contribution in [0, 0.1) is 22.2 Å². The number of benzene rings is 2. The highest BCUT2D eigenvalue weighted by Crippen LogP contribution is 2.43. The first-order valence-corrected chi connectivity index (χ1v) is 9.43. The van der Waals surface area contributed by atoms with Crippen molar-refractivity contribution < 1.29 is 37.5 Å². The number of halogens is 3. The summed E-state index contributed by atoms with van der Waals surface area (Å²) in [7, 11) is 0. The first kappa shape index (κ1) is 22.5. The summed E-state index contributed by atoms with van der Waals surface area (Å²) < 4.78 is 47.6. The fourth-order valence-electron chi connectivity index (χ4n) is 3.35. The number of hydrogen-bond acceptors (Lipinski definition) is 8. The third-order valence-corrected chi connectivity index (χ3v) is 4.89. The molecule has 0 aliphatic heterocycles. The van der Waals surface area contributed by atoms with Crippen LogP contribution in [0.25, 0.3) is 34.2 Å². The molecular weight excluding hydrogens is 461 g/mol. The summed E-state index contributed by atoms with van der Waals surface area (Å²) in [6, 6.07) is 9.88. The SMILES string of the molecule is Cc1cc(C(F)(F)F)c(-c2nnc(-c3cc(O)c(O)c([N+](=O)[O-])c3)o2)c(-c2ccccc2)[n+]1[O-]. The number of nitro groups is 1. The maximum absolute atomic E-state index is 14.0. The van der Waals surface area contributed by atoms with Crippen LogP contribution in [0.2, 0.25) is 0 Å². The topological polar surface area (TPSA) is 149 Å². The number of phenolic OH excluding ortho intramolecular Hbond substituents is 2. The number of pyridine rings is 1. The van der Waals surface area contributed by atoms with Crippen LogP contribution in [0.5, 0.6) is 11.5 Å². The summed E-state index contributed by atoms with van der Waals surface area (Å²) >= 11 is 0. The highest BCUT2D eigenvalue weighted by Gasteiger charge is 2.41. The van der Waals surface area contributed by atoms with Gasteiger partial charge in [-0.2, -0.15) is 17.9 Å². The van der Waals surface area contributed by atoms with Crippen LogP contribution in [0.3, 0.4) is 0 Å². The van der Waals surface area contributed by atoms with Gasteiger partial charge in [0.1, 0.15) is 5.56 Å². The fourth-order valence-corrected chi connectivity index (χ4v) is 3.35. The standard InChI is InChI=1S/C21H13F3N4O6/c1-10-7-13(21(22,23)24)16(17(27(10)31)11-5-3-2-4-6-11)20-26-25-19(34-20)12-8-14(28(32)33)18(30)15(29)9-12/h2-9,29-30H,1H3. The maximum atomic E-state index is 14.0. The lowest BCUT2D eigenvalue weighted by Gasteiger charge is -2.16. The van der Waals surface area contributed by atoms with E-state index in [1.807, 2.05) is 0 Å². The molecule has 0 bridgehead atoms. The zero-order valence-electron chi connectivity index (χ0n) is 17.1. The minimum Gasteiger partial charge on any atom is -0.618 e. The Morgan fingerprint density at radius 1 is 1.03 bits per heavy atom. The molecule has 0 aliphatic rings. The van der Waals surface area contributed by atoms with Gasteiger partial charge < -0.3 is 19.8 Å². The Bertz CT molecular complexity index is 1420. The van der Waals surface area contributed by atoms with Crippen LogP contribution in [0.1, 0.15) is 11.3 Å². The van der Waals surface area contributed by atoms with Gasteiger partial charge in [-0.1, -0.05) is 18.2 Å². The molecule has 4 aromatic rings. The van der Waals surface area contributed by atoms with E-state index in [0.29, 0.717) is 10.8 Å². The summed E-state index contributed by atoms with van der Waals surface area (Å²) in [5, 5.41) is 50.7. The Morgan fingerprint density at radius 2 is 1.68 bits per heavy atom. The Labute approximate surface area is 187 Å². The quantitative estimate of drug-likeness (QED) is 0.146. The van der Waals surface area contributed by atoms with Crippen molar-refractivity contribution in [3.63, 3.8) is 0 Å². The summed E-state index contributed by atoms with van der Waals surface area (Å²) in [5.74, 6) is -3.05. The van der Waals surface area contributed by atoms with Crippen LogP contribution < -0.4 is 4.73 Å². The van der Waals surface area contributed by atoms with Crippen LogP contribution in [0.15, 0.2) is 52.9 Å². The van der Waals surface area contributed by atoms with Crippen LogP contribution in [-0.2, 0) is 6.18 Å². The summed E-state index contributed by atoms with van der Waals surface area (Å²) in [4.78, 5) is 10.1. The van der Waals surface area contributed by atoms with Gasteiger partial charge in [0.15, 0.2) is 11.4 Å². The average Bonchev–Trinajstić information content (AvgIpc) is 3.26. The number of rotatable bonds is 4. The molecule has 2 aromatic carbocycles. The highest BCUT2D eigenvalue weighted by atomic mass is 19.4. The number of alkyl halides is 3. The van der Waals surface area contributed by atoms with E-state index in [9.17, 15) is 38.7 Å². The predicted molar refractivity (Wildman–Crippen MR) is 109 cm³/mol. The molecule has 34 heavy (non-hydrogen) atoms. The number of nitrogens with zero attached hydrogens (tertiary/aromatic N) is 4. The summed E-state index contributed by atoms with van der Waals surface area (Å²) in [6.45, 7) is 1.22. The Kier molecular flexibility index (Phi) is 5.31. The van der Waals surface area contributed by atoms with Gasteiger partial charge in [-0.3, -0.25) is 10.1 Å². The Hall–Kier alpha value is -4.68. The molecule has 0 unspecified atom stereocenters. The minimum atomic E-state index is -4.90. The second-order valence-electron chi connectivity index (χ2n) is 7.11. The molecule has 2 heterocycles. The average molecular weight is 474 g/mol. The Balaban J connectivity index is 1.99. The molecule has 2 N–H and O–H groups in total. The van der Waals surface area contributed by atoms with E-state index in [4.69, 9.17) is 4.42 Å². The van der Waals surface area contributed by atoms with Gasteiger partial charge in [0.2, 0.25) is 17.3 Å². The predicted octanol–water partition coefficient (Wildman–Crippen LogP) is 4.35. The van der Waals surface area contributed by atoms with Gasteiger partial charge in [-0.15, -0.1) is 10.2 Å². The lowest BCUT2D eigenvalue weighted by molar-refractivity contribution is -0.600. The van der Waals surface area contributed by atoms with E-state index in [0.717, 1.165) is 12.1 Å². The summed E-state index contributed by atoms with van der Waals surface area (Å²) in [5.41, 5.74) is -3.47. The molecule has 0 atom stereocenters. The molecule has 0 radical (unpaired) electrons. The third kappa shape index (κ3) is 3.83. The minimum absolute atomic E-state index is 0.152. The number of aryl methyl sites for hydroxylation is 1. The van der Waals surface area contributed by atoms with Crippen LogP contribution in [-0.4, -0.2) is 25.3 Å². The molecule has 0 saturated carbocycles. The number of hydrogen-bond donors (Lipinski definition) is 2. The zero-order valence-corrected chi connectivity index (χ0v) is 17.1. The van der Waals surface area contributed by atoms with Gasteiger partial charge in [0.05, 0.1) is 10.5 Å². The van der Waals surface area contributed by atoms with Gasteiger partial charge in [0, 0.05) is 30.2 Å². The van der Waals surface area contributed by atoms with Gasteiger partial charge in [-0.25, -0.2) is 0 Å².